The number of carbonyl (C=O) groups excluding carboxylic acids is 1. The summed E-state index contributed by atoms with van der Waals surface area (Å²) >= 11 is 0. The van der Waals surface area contributed by atoms with Crippen LogP contribution in [0.15, 0.2) is 79.0 Å². The number of aromatic nitrogens is 3. The Labute approximate surface area is 226 Å². The smallest absolute Gasteiger partial charge is 0.416 e. The van der Waals surface area contributed by atoms with Gasteiger partial charge in [0.15, 0.2) is 17.3 Å². The summed E-state index contributed by atoms with van der Waals surface area (Å²) in [7, 11) is 1.71. The number of aryl methyl sites for hydroxylation is 1. The Bertz CT molecular complexity index is 1710. The molecule has 2 aromatic heterocycles. The van der Waals surface area contributed by atoms with E-state index in [9.17, 15) is 18.0 Å². The molecule has 204 valence electrons. The van der Waals surface area contributed by atoms with Gasteiger partial charge in [0.05, 0.1) is 17.6 Å². The van der Waals surface area contributed by atoms with Crippen LogP contribution >= 0.6 is 0 Å². The number of nitrogens with zero attached hydrogens (tertiary/aromatic N) is 3. The second kappa shape index (κ2) is 9.99. The predicted octanol–water partition coefficient (Wildman–Crippen LogP) is 6.00. The molecule has 1 N–H and O–H groups in total. The van der Waals surface area contributed by atoms with Gasteiger partial charge in [-0.25, -0.2) is 0 Å². The average molecular weight is 549 g/mol. The van der Waals surface area contributed by atoms with Gasteiger partial charge in [-0.2, -0.15) is 18.3 Å². The van der Waals surface area contributed by atoms with Gasteiger partial charge in [-0.05, 0) is 53.6 Å². The van der Waals surface area contributed by atoms with Gasteiger partial charge in [-0.15, -0.1) is 0 Å². The average Bonchev–Trinajstić information content (AvgIpc) is 3.66. The molecule has 0 fully saturated rings. The SMILES string of the molecule is Cn1cccc1C(=O)Nc1nn(Cc2ccc(COc3ccc4c(c3)OCO4)cc2)c2ccc(C(F)(F)F)cc12. The van der Waals surface area contributed by atoms with E-state index >= 15 is 0 Å². The third-order valence-electron chi connectivity index (χ3n) is 6.59. The van der Waals surface area contributed by atoms with Crippen molar-refractivity contribution in [2.75, 3.05) is 12.1 Å². The second-order valence-electron chi connectivity index (χ2n) is 9.31. The second-order valence-corrected chi connectivity index (χ2v) is 9.31. The molecule has 1 amide bonds. The zero-order valence-electron chi connectivity index (χ0n) is 21.2. The van der Waals surface area contributed by atoms with Crippen LogP contribution in [-0.4, -0.2) is 27.0 Å². The first-order chi connectivity index (χ1) is 19.2. The van der Waals surface area contributed by atoms with Crippen LogP contribution in [0.4, 0.5) is 19.0 Å². The summed E-state index contributed by atoms with van der Waals surface area (Å²) in [6, 6.07) is 19.7. The van der Waals surface area contributed by atoms with Crippen molar-refractivity contribution in [1.29, 1.82) is 0 Å². The van der Waals surface area contributed by atoms with Crippen LogP contribution in [0.3, 0.4) is 0 Å². The van der Waals surface area contributed by atoms with Gasteiger partial charge < -0.3 is 24.1 Å². The molecule has 0 aliphatic carbocycles. The molecular weight excluding hydrogens is 525 g/mol. The Morgan fingerprint density at radius 2 is 1.77 bits per heavy atom. The number of anilines is 1. The first kappa shape index (κ1) is 25.4. The Kier molecular flexibility index (Phi) is 6.33. The lowest BCUT2D eigenvalue weighted by molar-refractivity contribution is -0.137. The Morgan fingerprint density at radius 1 is 1.00 bits per heavy atom. The standard InChI is InChI=1S/C29H23F3N4O4/c1-35-12-2-3-24(35)28(37)33-27-22-13-20(29(30,31)32)8-10-23(22)36(34-27)15-18-4-6-19(7-5-18)16-38-21-9-11-25-26(14-21)40-17-39-25/h2-14H,15-17H2,1H3,(H,33,34,37). The molecule has 1 aliphatic rings. The zero-order valence-corrected chi connectivity index (χ0v) is 21.2. The van der Waals surface area contributed by atoms with Gasteiger partial charge in [-0.3, -0.25) is 9.48 Å². The van der Waals surface area contributed by atoms with E-state index in [1.165, 1.54) is 6.07 Å². The molecule has 1 aliphatic heterocycles. The molecule has 5 aromatic rings. The molecule has 0 saturated carbocycles. The molecule has 40 heavy (non-hydrogen) atoms. The van der Waals surface area contributed by atoms with Crippen LogP contribution in [0.5, 0.6) is 17.2 Å². The molecule has 0 bridgehead atoms. The highest BCUT2D eigenvalue weighted by Gasteiger charge is 2.31. The van der Waals surface area contributed by atoms with E-state index in [4.69, 9.17) is 14.2 Å². The lowest BCUT2D eigenvalue weighted by Gasteiger charge is -2.09. The number of ether oxygens (including phenoxy) is 3. The molecule has 0 atom stereocenters. The fourth-order valence-electron chi connectivity index (χ4n) is 4.48. The quantitative estimate of drug-likeness (QED) is 0.270. The highest BCUT2D eigenvalue weighted by molar-refractivity contribution is 6.07. The van der Waals surface area contributed by atoms with Gasteiger partial charge in [0.1, 0.15) is 18.1 Å². The number of benzene rings is 3. The minimum atomic E-state index is -4.53. The van der Waals surface area contributed by atoms with Crippen LogP contribution in [0.2, 0.25) is 0 Å². The predicted molar refractivity (Wildman–Crippen MR) is 141 cm³/mol. The number of carbonyl (C=O) groups is 1. The number of alkyl halides is 3. The van der Waals surface area contributed by atoms with Crippen molar-refractivity contribution < 1.29 is 32.2 Å². The first-order valence-corrected chi connectivity index (χ1v) is 12.4. The first-order valence-electron chi connectivity index (χ1n) is 12.4. The summed E-state index contributed by atoms with van der Waals surface area (Å²) in [5.41, 5.74) is 1.80. The van der Waals surface area contributed by atoms with Crippen LogP contribution in [0.1, 0.15) is 27.2 Å². The third kappa shape index (κ3) is 5.05. The van der Waals surface area contributed by atoms with Crippen LogP contribution in [0, 0.1) is 0 Å². The molecule has 8 nitrogen and oxygen atoms in total. The molecule has 0 saturated heterocycles. The van der Waals surface area contributed by atoms with Crippen LogP contribution in [-0.2, 0) is 26.4 Å². The monoisotopic (exact) mass is 548 g/mol. The van der Waals surface area contributed by atoms with E-state index in [2.05, 4.69) is 10.4 Å². The number of halogens is 3. The summed E-state index contributed by atoms with van der Waals surface area (Å²) in [6.45, 7) is 0.807. The Hall–Kier alpha value is -4.93. The maximum absolute atomic E-state index is 13.5. The highest BCUT2D eigenvalue weighted by atomic mass is 19.4. The normalized spacial score (nSPS) is 12.6. The van der Waals surface area contributed by atoms with Gasteiger partial charge in [0.2, 0.25) is 6.79 Å². The third-order valence-corrected chi connectivity index (χ3v) is 6.59. The summed E-state index contributed by atoms with van der Waals surface area (Å²) in [6.07, 6.45) is -2.83. The van der Waals surface area contributed by atoms with Crippen molar-refractivity contribution in [3.63, 3.8) is 0 Å². The lowest BCUT2D eigenvalue weighted by atomic mass is 10.1. The van der Waals surface area contributed by atoms with Crippen molar-refractivity contribution in [2.45, 2.75) is 19.3 Å². The van der Waals surface area contributed by atoms with E-state index in [1.54, 1.807) is 46.8 Å². The molecule has 11 heteroatoms. The largest absolute Gasteiger partial charge is 0.489 e. The molecule has 3 aromatic carbocycles. The number of amides is 1. The van der Waals surface area contributed by atoms with E-state index in [1.807, 2.05) is 30.3 Å². The molecule has 0 radical (unpaired) electrons. The summed E-state index contributed by atoms with van der Waals surface area (Å²) in [4.78, 5) is 12.8. The van der Waals surface area contributed by atoms with Crippen molar-refractivity contribution in [2.24, 2.45) is 7.05 Å². The lowest BCUT2D eigenvalue weighted by Crippen LogP contribution is -2.16. The summed E-state index contributed by atoms with van der Waals surface area (Å²) in [5, 5.41) is 7.35. The van der Waals surface area contributed by atoms with E-state index in [0.717, 1.165) is 23.3 Å². The maximum atomic E-state index is 13.5. The van der Waals surface area contributed by atoms with Crippen LogP contribution in [0.25, 0.3) is 10.9 Å². The van der Waals surface area contributed by atoms with Gasteiger partial charge in [0.25, 0.3) is 5.91 Å². The zero-order chi connectivity index (χ0) is 27.9. The van der Waals surface area contributed by atoms with Crippen molar-refractivity contribution in [1.82, 2.24) is 14.3 Å². The number of hydrogen-bond acceptors (Lipinski definition) is 5. The van der Waals surface area contributed by atoms with Gasteiger partial charge in [-0.1, -0.05) is 24.3 Å². The topological polar surface area (TPSA) is 79.5 Å². The summed E-state index contributed by atoms with van der Waals surface area (Å²) < 4.78 is 60.1. The fraction of sp³-hybridized carbons (Fsp3) is 0.172. The molecule has 6 rings (SSSR count). The van der Waals surface area contributed by atoms with E-state index in [0.29, 0.717) is 35.1 Å². The minimum Gasteiger partial charge on any atom is -0.489 e. The van der Waals surface area contributed by atoms with Crippen molar-refractivity contribution in [3.8, 4) is 17.2 Å². The van der Waals surface area contributed by atoms with Crippen molar-refractivity contribution >= 4 is 22.6 Å². The number of nitrogens with one attached hydrogen (secondary N) is 1. The molecule has 0 spiro atoms. The number of hydrogen-bond donors (Lipinski definition) is 1. The van der Waals surface area contributed by atoms with E-state index < -0.39 is 17.6 Å². The highest BCUT2D eigenvalue weighted by Crippen LogP contribution is 2.36. The van der Waals surface area contributed by atoms with Crippen LogP contribution < -0.4 is 19.5 Å². The Morgan fingerprint density at radius 3 is 2.52 bits per heavy atom. The van der Waals surface area contributed by atoms with Gasteiger partial charge in [0, 0.05) is 24.7 Å². The van der Waals surface area contributed by atoms with Gasteiger partial charge >= 0.3 is 6.18 Å². The van der Waals surface area contributed by atoms with E-state index in [-0.39, 0.29) is 24.5 Å². The maximum Gasteiger partial charge on any atom is 0.416 e. The molecule has 0 unspecified atom stereocenters. The molecule has 3 heterocycles. The molecular formula is C29H23F3N4O4. The summed E-state index contributed by atoms with van der Waals surface area (Å²) in [5.74, 6) is 1.56. The number of rotatable bonds is 7. The number of fused-ring (bicyclic) bond motifs is 2. The fourth-order valence-corrected chi connectivity index (χ4v) is 4.48. The van der Waals surface area contributed by atoms with Crippen molar-refractivity contribution in [3.05, 3.63) is 101 Å². The minimum absolute atomic E-state index is 0.0565. The Balaban J connectivity index is 1.22.